The summed E-state index contributed by atoms with van der Waals surface area (Å²) in [6.07, 6.45) is 4.95. The normalized spacial score (nSPS) is 22.6. The Labute approximate surface area is 196 Å². The summed E-state index contributed by atoms with van der Waals surface area (Å²) in [5.41, 5.74) is 0.544. The molecule has 0 aliphatic heterocycles. The predicted molar refractivity (Wildman–Crippen MR) is 121 cm³/mol. The van der Waals surface area contributed by atoms with E-state index < -0.39 is 29.2 Å². The van der Waals surface area contributed by atoms with Gasteiger partial charge in [-0.05, 0) is 78.7 Å². The molecule has 0 aromatic heterocycles. The number of hydrogen-bond acceptors (Lipinski definition) is 0. The third kappa shape index (κ3) is 5.45. The molecule has 2 aromatic carbocycles. The molecule has 1 atom stereocenters. The van der Waals surface area contributed by atoms with Gasteiger partial charge in [0.05, 0.1) is 5.56 Å². The van der Waals surface area contributed by atoms with Crippen molar-refractivity contribution in [3.8, 4) is 23.0 Å². The zero-order chi connectivity index (χ0) is 24.5. The SMILES string of the molecule is CCCC1CCC(C2CCc3c(ccc(-c4cc(F)c(C#CC(F)(F)F)c(F)c4)c3F)C2)CC1. The van der Waals surface area contributed by atoms with Gasteiger partial charge in [0.2, 0.25) is 0 Å². The lowest BCUT2D eigenvalue weighted by Gasteiger charge is -2.36. The highest BCUT2D eigenvalue weighted by atomic mass is 19.4. The molecule has 2 aliphatic rings. The largest absolute Gasteiger partial charge is 0.458 e. The zero-order valence-corrected chi connectivity index (χ0v) is 19.2. The van der Waals surface area contributed by atoms with Crippen LogP contribution in [0.25, 0.3) is 11.1 Å². The van der Waals surface area contributed by atoms with Crippen molar-refractivity contribution in [2.24, 2.45) is 17.8 Å². The van der Waals surface area contributed by atoms with Gasteiger partial charge in [-0.3, -0.25) is 0 Å². The number of benzene rings is 2. The molecule has 6 heteroatoms. The molecule has 0 nitrogen and oxygen atoms in total. The molecule has 0 amide bonds. The molecule has 0 saturated heterocycles. The molecule has 34 heavy (non-hydrogen) atoms. The van der Waals surface area contributed by atoms with Crippen molar-refractivity contribution in [3.05, 3.63) is 58.4 Å². The molecular formula is C28H28F6. The van der Waals surface area contributed by atoms with Crippen LogP contribution in [0.4, 0.5) is 26.3 Å². The van der Waals surface area contributed by atoms with Crippen molar-refractivity contribution >= 4 is 0 Å². The lowest BCUT2D eigenvalue weighted by molar-refractivity contribution is -0.0696. The van der Waals surface area contributed by atoms with Gasteiger partial charge >= 0.3 is 6.18 Å². The second-order valence-corrected chi connectivity index (χ2v) is 9.70. The van der Waals surface area contributed by atoms with Gasteiger partial charge in [-0.2, -0.15) is 13.2 Å². The summed E-state index contributed by atoms with van der Waals surface area (Å²) in [5.74, 6) is 1.39. The maximum Gasteiger partial charge on any atom is 0.458 e. The number of hydrogen-bond donors (Lipinski definition) is 0. The van der Waals surface area contributed by atoms with Gasteiger partial charge in [0, 0.05) is 11.5 Å². The molecular weight excluding hydrogens is 450 g/mol. The van der Waals surface area contributed by atoms with E-state index in [0.29, 0.717) is 23.8 Å². The van der Waals surface area contributed by atoms with Crippen LogP contribution < -0.4 is 0 Å². The molecule has 0 bridgehead atoms. The summed E-state index contributed by atoms with van der Waals surface area (Å²) in [6, 6.07) is 5.03. The summed E-state index contributed by atoms with van der Waals surface area (Å²) >= 11 is 0. The van der Waals surface area contributed by atoms with Crippen molar-refractivity contribution in [2.75, 3.05) is 0 Å². The van der Waals surface area contributed by atoms with Gasteiger partial charge in [0.1, 0.15) is 17.5 Å². The Morgan fingerprint density at radius 1 is 0.912 bits per heavy atom. The highest BCUT2D eigenvalue weighted by Gasteiger charge is 2.31. The number of fused-ring (bicyclic) bond motifs is 1. The first kappa shape index (κ1) is 24.7. The molecule has 2 aromatic rings. The molecule has 1 unspecified atom stereocenters. The van der Waals surface area contributed by atoms with Crippen LogP contribution in [0, 0.1) is 47.0 Å². The lowest BCUT2D eigenvalue weighted by Crippen LogP contribution is -2.27. The third-order valence-electron chi connectivity index (χ3n) is 7.52. The molecule has 0 spiro atoms. The van der Waals surface area contributed by atoms with E-state index in [1.54, 1.807) is 0 Å². The molecule has 2 aliphatic carbocycles. The smallest absolute Gasteiger partial charge is 0.206 e. The van der Waals surface area contributed by atoms with E-state index in [1.165, 1.54) is 50.5 Å². The summed E-state index contributed by atoms with van der Waals surface area (Å²) in [5, 5.41) is 0. The van der Waals surface area contributed by atoms with Crippen LogP contribution in [0.5, 0.6) is 0 Å². The zero-order valence-electron chi connectivity index (χ0n) is 19.2. The van der Waals surface area contributed by atoms with Crippen molar-refractivity contribution < 1.29 is 26.3 Å². The van der Waals surface area contributed by atoms with Crippen molar-refractivity contribution in [1.29, 1.82) is 0 Å². The van der Waals surface area contributed by atoms with Gasteiger partial charge in [0.25, 0.3) is 0 Å². The van der Waals surface area contributed by atoms with E-state index in [1.807, 2.05) is 6.07 Å². The minimum Gasteiger partial charge on any atom is -0.206 e. The fraction of sp³-hybridized carbons (Fsp3) is 0.500. The Morgan fingerprint density at radius 3 is 2.21 bits per heavy atom. The van der Waals surface area contributed by atoms with Crippen LogP contribution in [0.3, 0.4) is 0 Å². The first-order valence-electron chi connectivity index (χ1n) is 12.1. The van der Waals surface area contributed by atoms with Gasteiger partial charge < -0.3 is 0 Å². The molecule has 182 valence electrons. The minimum absolute atomic E-state index is 0.0467. The van der Waals surface area contributed by atoms with Crippen LogP contribution in [-0.2, 0) is 12.8 Å². The fourth-order valence-electron chi connectivity index (χ4n) is 5.80. The standard InChI is InChI=1S/C28H28F6/c1-2-3-17-4-6-18(7-5-17)19-8-10-22-20(14-19)9-11-23(27(22)31)21-15-25(29)24(26(30)16-21)12-13-28(32,33)34/h9,11,15-19H,2-8,10,14H2,1H3. The first-order chi connectivity index (χ1) is 16.2. The lowest BCUT2D eigenvalue weighted by atomic mass is 9.69. The summed E-state index contributed by atoms with van der Waals surface area (Å²) < 4.78 is 80.9. The Morgan fingerprint density at radius 2 is 1.59 bits per heavy atom. The molecule has 0 N–H and O–H groups in total. The summed E-state index contributed by atoms with van der Waals surface area (Å²) in [6.45, 7) is 2.23. The molecule has 0 heterocycles. The maximum absolute atomic E-state index is 15.4. The Hall–Kier alpha value is -2.42. The second kappa shape index (κ2) is 10.1. The Balaban J connectivity index is 1.53. The van der Waals surface area contributed by atoms with E-state index >= 15 is 4.39 Å². The average Bonchev–Trinajstić information content (AvgIpc) is 2.78. The van der Waals surface area contributed by atoms with Gasteiger partial charge in [-0.15, -0.1) is 0 Å². The highest BCUT2D eigenvalue weighted by molar-refractivity contribution is 5.67. The minimum atomic E-state index is -4.87. The molecule has 1 saturated carbocycles. The van der Waals surface area contributed by atoms with Crippen LogP contribution in [0.1, 0.15) is 68.6 Å². The monoisotopic (exact) mass is 478 g/mol. The van der Waals surface area contributed by atoms with Crippen LogP contribution in [0.2, 0.25) is 0 Å². The van der Waals surface area contributed by atoms with Crippen LogP contribution in [0.15, 0.2) is 24.3 Å². The number of halogens is 6. The van der Waals surface area contributed by atoms with E-state index in [-0.39, 0.29) is 11.1 Å². The van der Waals surface area contributed by atoms with Crippen molar-refractivity contribution in [3.63, 3.8) is 0 Å². The number of rotatable bonds is 4. The Kier molecular flexibility index (Phi) is 7.31. The third-order valence-corrected chi connectivity index (χ3v) is 7.52. The van der Waals surface area contributed by atoms with Gasteiger partial charge in [0.15, 0.2) is 0 Å². The fourth-order valence-corrected chi connectivity index (χ4v) is 5.80. The van der Waals surface area contributed by atoms with Gasteiger partial charge in [-0.25, -0.2) is 13.2 Å². The van der Waals surface area contributed by atoms with Crippen LogP contribution >= 0.6 is 0 Å². The highest BCUT2D eigenvalue weighted by Crippen LogP contribution is 2.42. The van der Waals surface area contributed by atoms with Gasteiger partial charge in [-0.1, -0.05) is 50.7 Å². The quantitative estimate of drug-likeness (QED) is 0.306. The second-order valence-electron chi connectivity index (χ2n) is 9.70. The van der Waals surface area contributed by atoms with E-state index in [2.05, 4.69) is 6.92 Å². The van der Waals surface area contributed by atoms with E-state index in [0.717, 1.165) is 42.4 Å². The van der Waals surface area contributed by atoms with Crippen molar-refractivity contribution in [1.82, 2.24) is 0 Å². The Bertz CT molecular complexity index is 1070. The maximum atomic E-state index is 15.4. The summed E-state index contributed by atoms with van der Waals surface area (Å²) in [7, 11) is 0. The topological polar surface area (TPSA) is 0 Å². The first-order valence-corrected chi connectivity index (χ1v) is 12.1. The molecule has 0 radical (unpaired) electrons. The van der Waals surface area contributed by atoms with Crippen molar-refractivity contribution in [2.45, 2.75) is 70.9 Å². The van der Waals surface area contributed by atoms with E-state index in [4.69, 9.17) is 0 Å². The average molecular weight is 479 g/mol. The summed E-state index contributed by atoms with van der Waals surface area (Å²) in [4.78, 5) is 0. The predicted octanol–water partition coefficient (Wildman–Crippen LogP) is 8.40. The molecule has 4 rings (SSSR count). The van der Waals surface area contributed by atoms with Crippen LogP contribution in [-0.4, -0.2) is 6.18 Å². The number of alkyl halides is 3. The van der Waals surface area contributed by atoms with E-state index in [9.17, 15) is 22.0 Å². The molecule has 1 fully saturated rings.